The fraction of sp³-hybridized carbons (Fsp3) is 0. The molecule has 0 radical (unpaired) electrons. The fourth-order valence-corrected chi connectivity index (χ4v) is 4.60. The van der Waals surface area contributed by atoms with Crippen molar-refractivity contribution in [1.82, 2.24) is 0 Å². The first-order chi connectivity index (χ1) is 12.9. The van der Waals surface area contributed by atoms with Crippen molar-refractivity contribution >= 4 is 23.5 Å². The van der Waals surface area contributed by atoms with Crippen LogP contribution in [0.25, 0.3) is 11.1 Å². The lowest BCUT2D eigenvalue weighted by molar-refractivity contribution is 1.38. The van der Waals surface area contributed by atoms with Crippen LogP contribution in [0.4, 0.5) is 0 Å². The summed E-state index contributed by atoms with van der Waals surface area (Å²) >= 11 is 2.51. The van der Waals surface area contributed by atoms with Gasteiger partial charge in [-0.25, -0.2) is 0 Å². The van der Waals surface area contributed by atoms with Gasteiger partial charge < -0.3 is 0 Å². The maximum absolute atomic E-state index is 2.22. The molecule has 0 nitrogen and oxygen atoms in total. The predicted molar refractivity (Wildman–Crippen MR) is 115 cm³/mol. The van der Waals surface area contributed by atoms with Gasteiger partial charge in [-0.3, -0.25) is 0 Å². The summed E-state index contributed by atoms with van der Waals surface area (Å²) in [6, 6.07) is 38.9. The molecular weight excluding hydrogens is 352 g/mol. The highest BCUT2D eigenvalue weighted by Gasteiger charge is 2.09. The van der Waals surface area contributed by atoms with Gasteiger partial charge >= 0.3 is 0 Å². The van der Waals surface area contributed by atoms with Crippen LogP contribution in [0.2, 0.25) is 0 Å². The number of hydrogen-bond acceptors (Lipinski definition) is 0. The molecule has 0 spiro atoms. The van der Waals surface area contributed by atoms with E-state index < -0.39 is 0 Å². The van der Waals surface area contributed by atoms with Crippen molar-refractivity contribution in [3.63, 3.8) is 0 Å². The Morgan fingerprint density at radius 3 is 0.962 bits per heavy atom. The van der Waals surface area contributed by atoms with Crippen LogP contribution in [0, 0.1) is 0 Å². The molecule has 26 heavy (non-hydrogen) atoms. The molecule has 4 aromatic rings. The molecule has 4 rings (SSSR count). The lowest BCUT2D eigenvalue weighted by atomic mass is 10.1. The number of thiol groups is 2. The topological polar surface area (TPSA) is 0 Å². The Bertz CT molecular complexity index is 861. The van der Waals surface area contributed by atoms with Crippen molar-refractivity contribution in [2.45, 2.75) is 19.6 Å². The molecule has 0 atom stereocenters. The van der Waals surface area contributed by atoms with Crippen LogP contribution in [0.1, 0.15) is 0 Å². The summed E-state index contributed by atoms with van der Waals surface area (Å²) in [5.41, 5.74) is 2.53. The van der Waals surface area contributed by atoms with Gasteiger partial charge in [-0.05, 0) is 83.9 Å². The largest absolute Gasteiger partial charge is 0.158 e. The molecule has 0 heterocycles. The highest BCUT2D eigenvalue weighted by Crippen LogP contribution is 2.23. The maximum atomic E-state index is 2.22. The van der Waals surface area contributed by atoms with E-state index in [-0.39, 0.29) is 0 Å². The molecule has 0 aliphatic rings. The van der Waals surface area contributed by atoms with Gasteiger partial charge in [0.1, 0.15) is 0 Å². The van der Waals surface area contributed by atoms with Crippen LogP contribution in [-0.2, 0) is 23.5 Å². The van der Waals surface area contributed by atoms with Crippen molar-refractivity contribution in [1.29, 1.82) is 0 Å². The molecule has 0 saturated carbocycles. The van der Waals surface area contributed by atoms with Crippen molar-refractivity contribution in [3.05, 3.63) is 109 Å². The zero-order valence-corrected chi connectivity index (χ0v) is 16.1. The van der Waals surface area contributed by atoms with E-state index in [9.17, 15) is 0 Å². The molecule has 0 aliphatic heterocycles. The van der Waals surface area contributed by atoms with Crippen molar-refractivity contribution in [3.8, 4) is 11.1 Å². The van der Waals surface area contributed by atoms with Gasteiger partial charge in [0.25, 0.3) is 0 Å². The minimum absolute atomic E-state index is 1.25. The average molecular weight is 373 g/mol. The normalized spacial score (nSPS) is 10.6. The molecule has 0 fully saturated rings. The van der Waals surface area contributed by atoms with Gasteiger partial charge in [0.05, 0.1) is 0 Å². The van der Waals surface area contributed by atoms with E-state index in [1.807, 2.05) is 0 Å². The molecule has 0 bridgehead atoms. The van der Waals surface area contributed by atoms with Crippen LogP contribution >= 0.6 is 0 Å². The highest BCUT2D eigenvalue weighted by atomic mass is 32.2. The first kappa shape index (κ1) is 17.0. The molecule has 126 valence electrons. The van der Waals surface area contributed by atoms with Gasteiger partial charge in [0.2, 0.25) is 0 Å². The Morgan fingerprint density at radius 1 is 0.308 bits per heavy atom. The van der Waals surface area contributed by atoms with Gasteiger partial charge in [0.15, 0.2) is 19.6 Å². The summed E-state index contributed by atoms with van der Waals surface area (Å²) in [5, 5.41) is 0. The minimum Gasteiger partial charge on any atom is -0.0619 e. The zero-order chi connectivity index (χ0) is 17.6. The smallest absolute Gasteiger partial charge is 0.0619 e. The second-order valence-electron chi connectivity index (χ2n) is 5.99. The molecular formula is C24H20S2+2. The average Bonchev–Trinajstić information content (AvgIpc) is 2.71. The van der Waals surface area contributed by atoms with Crippen LogP contribution < -0.4 is 0 Å². The third-order valence-electron chi connectivity index (χ3n) is 4.10. The Balaban J connectivity index is 1.45. The van der Waals surface area contributed by atoms with E-state index in [0.717, 1.165) is 0 Å². The first-order valence-electron chi connectivity index (χ1n) is 8.61. The van der Waals surface area contributed by atoms with Crippen molar-refractivity contribution in [2.24, 2.45) is 0 Å². The number of rotatable bonds is 5. The third-order valence-corrected chi connectivity index (χ3v) is 6.32. The SMILES string of the molecule is c1ccc([SH+]c2ccc(-c3ccc([SH+]c4ccccc4)cc3)cc2)cc1. The van der Waals surface area contributed by atoms with E-state index >= 15 is 0 Å². The van der Waals surface area contributed by atoms with E-state index in [4.69, 9.17) is 0 Å². The number of hydrogen-bond donors (Lipinski definition) is 0. The Kier molecular flexibility index (Phi) is 5.44. The van der Waals surface area contributed by atoms with Gasteiger partial charge in [0, 0.05) is 23.5 Å². The second kappa shape index (κ2) is 8.31. The van der Waals surface area contributed by atoms with E-state index in [2.05, 4.69) is 109 Å². The Hall–Kier alpha value is -2.42. The summed E-state index contributed by atoms with van der Waals surface area (Å²) in [7, 11) is 0. The van der Waals surface area contributed by atoms with Crippen LogP contribution in [0.3, 0.4) is 0 Å². The molecule has 4 aromatic carbocycles. The summed E-state index contributed by atoms with van der Waals surface area (Å²) in [4.78, 5) is 5.28. The monoisotopic (exact) mass is 372 g/mol. The van der Waals surface area contributed by atoms with Gasteiger partial charge in [-0.2, -0.15) is 0 Å². The zero-order valence-electron chi connectivity index (χ0n) is 14.3. The van der Waals surface area contributed by atoms with E-state index in [1.165, 1.54) is 54.2 Å². The second-order valence-corrected chi connectivity index (χ2v) is 8.50. The highest BCUT2D eigenvalue weighted by molar-refractivity contribution is 7.78. The lowest BCUT2D eigenvalue weighted by Gasteiger charge is -2.02. The maximum Gasteiger partial charge on any atom is 0.158 e. The number of benzene rings is 4. The van der Waals surface area contributed by atoms with E-state index in [1.54, 1.807) is 0 Å². The summed E-state index contributed by atoms with van der Waals surface area (Å²) in [5.74, 6) is 0. The molecule has 0 aromatic heterocycles. The summed E-state index contributed by atoms with van der Waals surface area (Å²) in [6.45, 7) is 0. The molecule has 0 N–H and O–H groups in total. The predicted octanol–water partition coefficient (Wildman–Crippen LogP) is 5.82. The van der Waals surface area contributed by atoms with Gasteiger partial charge in [-0.1, -0.05) is 36.4 Å². The Morgan fingerprint density at radius 2 is 0.615 bits per heavy atom. The summed E-state index contributed by atoms with van der Waals surface area (Å²) in [6.07, 6.45) is 0. The van der Waals surface area contributed by atoms with Gasteiger partial charge in [-0.15, -0.1) is 0 Å². The van der Waals surface area contributed by atoms with E-state index in [0.29, 0.717) is 0 Å². The molecule has 0 unspecified atom stereocenters. The fourth-order valence-electron chi connectivity index (χ4n) is 2.76. The lowest BCUT2D eigenvalue weighted by Crippen LogP contribution is -1.86. The first-order valence-corrected chi connectivity index (χ1v) is 10.4. The summed E-state index contributed by atoms with van der Waals surface area (Å²) < 4.78 is 0. The minimum atomic E-state index is 1.25. The van der Waals surface area contributed by atoms with Crippen LogP contribution in [-0.4, -0.2) is 0 Å². The van der Waals surface area contributed by atoms with Crippen LogP contribution in [0.15, 0.2) is 129 Å². The third kappa shape index (κ3) is 4.40. The van der Waals surface area contributed by atoms with Crippen LogP contribution in [0.5, 0.6) is 0 Å². The quantitative estimate of drug-likeness (QED) is 0.306. The van der Waals surface area contributed by atoms with Crippen molar-refractivity contribution < 1.29 is 0 Å². The molecule has 2 heteroatoms. The van der Waals surface area contributed by atoms with Crippen molar-refractivity contribution in [2.75, 3.05) is 0 Å². The molecule has 0 amide bonds. The molecule has 0 saturated heterocycles. The standard InChI is InChI=1S/C24H18S2/c1-3-7-21(8-4-1)25-23-15-11-19(12-16-23)20-13-17-24(18-14-20)26-22-9-5-2-6-10-22/h1-18H/p+2. The Labute approximate surface area is 163 Å². The molecule has 0 aliphatic carbocycles.